The average Bonchev–Trinajstić information content (AvgIpc) is 2.84. The minimum absolute atomic E-state index is 0.00198. The molecule has 2 heterocycles. The second-order valence-corrected chi connectivity index (χ2v) is 6.43. The number of hydrogen-bond donors (Lipinski definition) is 2. The van der Waals surface area contributed by atoms with Crippen molar-refractivity contribution in [3.8, 4) is 11.5 Å². The summed E-state index contributed by atoms with van der Waals surface area (Å²) < 4.78 is 13.2. The van der Waals surface area contributed by atoms with E-state index in [-0.39, 0.29) is 12.1 Å². The number of urea groups is 1. The van der Waals surface area contributed by atoms with Crippen molar-refractivity contribution in [3.05, 3.63) is 35.7 Å². The zero-order valence-electron chi connectivity index (χ0n) is 14.2. The zero-order valence-corrected chi connectivity index (χ0v) is 14.2. The molecule has 132 valence electrons. The topological polar surface area (TPSA) is 77.4 Å². The molecule has 0 bridgehead atoms. The van der Waals surface area contributed by atoms with E-state index >= 15 is 0 Å². The summed E-state index contributed by atoms with van der Waals surface area (Å²) in [5.74, 6) is 1.39. The Labute approximate surface area is 146 Å². The maximum atomic E-state index is 12.4. The fourth-order valence-electron chi connectivity index (χ4n) is 3.42. The second kappa shape index (κ2) is 6.66. The quantitative estimate of drug-likeness (QED) is 0.880. The number of nitrogens with zero attached hydrogens (tertiary/aromatic N) is 2. The van der Waals surface area contributed by atoms with Crippen LogP contribution >= 0.6 is 0 Å². The summed E-state index contributed by atoms with van der Waals surface area (Å²) in [7, 11) is 1.94. The minimum Gasteiger partial charge on any atom is -0.490 e. The van der Waals surface area contributed by atoms with Crippen LogP contribution in [0.5, 0.6) is 11.5 Å². The Morgan fingerprint density at radius 1 is 1.24 bits per heavy atom. The highest BCUT2D eigenvalue weighted by molar-refractivity contribution is 5.90. The van der Waals surface area contributed by atoms with Crippen LogP contribution in [0.15, 0.2) is 24.4 Å². The summed E-state index contributed by atoms with van der Waals surface area (Å²) in [6.07, 6.45) is 5.68. The second-order valence-electron chi connectivity index (χ2n) is 6.43. The summed E-state index contributed by atoms with van der Waals surface area (Å²) in [5, 5.41) is 10.2. The van der Waals surface area contributed by atoms with Crippen LogP contribution in [0.25, 0.3) is 0 Å². The van der Waals surface area contributed by atoms with Crippen molar-refractivity contribution in [2.75, 3.05) is 18.5 Å². The molecule has 1 atom stereocenters. The van der Waals surface area contributed by atoms with Crippen LogP contribution in [-0.4, -0.2) is 29.0 Å². The van der Waals surface area contributed by atoms with E-state index in [4.69, 9.17) is 9.47 Å². The van der Waals surface area contributed by atoms with E-state index in [1.807, 2.05) is 30.1 Å². The highest BCUT2D eigenvalue weighted by atomic mass is 16.5. The molecule has 7 heteroatoms. The smallest absolute Gasteiger partial charge is 0.319 e. The van der Waals surface area contributed by atoms with Gasteiger partial charge in [0, 0.05) is 36.5 Å². The van der Waals surface area contributed by atoms with Gasteiger partial charge in [-0.1, -0.05) is 0 Å². The molecule has 4 rings (SSSR count). The number of hydrogen-bond acceptors (Lipinski definition) is 4. The number of carbonyl (C=O) groups excluding carboxylic acids is 1. The van der Waals surface area contributed by atoms with Gasteiger partial charge in [0.2, 0.25) is 0 Å². The van der Waals surface area contributed by atoms with Gasteiger partial charge in [-0.3, -0.25) is 4.68 Å². The number of nitrogens with one attached hydrogen (secondary N) is 2. The van der Waals surface area contributed by atoms with Gasteiger partial charge in [0.1, 0.15) is 0 Å². The van der Waals surface area contributed by atoms with Gasteiger partial charge < -0.3 is 20.1 Å². The van der Waals surface area contributed by atoms with Crippen molar-refractivity contribution >= 4 is 11.7 Å². The van der Waals surface area contributed by atoms with Gasteiger partial charge in [0.25, 0.3) is 0 Å². The number of amides is 2. The lowest BCUT2D eigenvalue weighted by Crippen LogP contribution is -2.34. The summed E-state index contributed by atoms with van der Waals surface area (Å²) in [4.78, 5) is 12.4. The number of benzene rings is 1. The molecule has 1 aliphatic carbocycles. The molecular weight excluding hydrogens is 320 g/mol. The fraction of sp³-hybridized carbons (Fsp3) is 0.444. The molecule has 2 aromatic rings. The normalized spacial score (nSPS) is 18.8. The van der Waals surface area contributed by atoms with Gasteiger partial charge in [-0.15, -0.1) is 0 Å². The predicted molar refractivity (Wildman–Crippen MR) is 93.1 cm³/mol. The van der Waals surface area contributed by atoms with Crippen molar-refractivity contribution in [2.45, 2.75) is 31.7 Å². The summed E-state index contributed by atoms with van der Waals surface area (Å²) in [6.45, 7) is 1.27. The Hall–Kier alpha value is -2.70. The lowest BCUT2D eigenvalue weighted by atomic mass is 9.93. The number of anilines is 1. The first-order valence-electron chi connectivity index (χ1n) is 8.68. The first-order chi connectivity index (χ1) is 12.2. The number of ether oxygens (including phenoxy) is 2. The van der Waals surface area contributed by atoms with Gasteiger partial charge in [-0.05, 0) is 31.4 Å². The van der Waals surface area contributed by atoms with Crippen molar-refractivity contribution in [1.29, 1.82) is 0 Å². The molecule has 0 saturated carbocycles. The molecule has 0 fully saturated rings. The third-order valence-electron chi connectivity index (χ3n) is 4.69. The lowest BCUT2D eigenvalue weighted by Gasteiger charge is -2.24. The molecule has 0 saturated heterocycles. The van der Waals surface area contributed by atoms with Gasteiger partial charge in [0.05, 0.1) is 25.5 Å². The standard InChI is InChI=1S/C18H22N4O3/c1-22-15-5-2-4-14(13(15)11-19-22)21-18(23)20-12-6-7-16-17(10-12)25-9-3-8-24-16/h6-7,10-11,14H,2-5,8-9H2,1H3,(H2,20,21,23)/t14-/m0/s1. The maximum Gasteiger partial charge on any atom is 0.319 e. The Morgan fingerprint density at radius 3 is 2.96 bits per heavy atom. The number of carbonyl (C=O) groups is 1. The van der Waals surface area contributed by atoms with Crippen LogP contribution in [0.4, 0.5) is 10.5 Å². The highest BCUT2D eigenvalue weighted by Crippen LogP contribution is 2.33. The molecule has 7 nitrogen and oxygen atoms in total. The monoisotopic (exact) mass is 342 g/mol. The number of aromatic nitrogens is 2. The Kier molecular flexibility index (Phi) is 4.21. The van der Waals surface area contributed by atoms with E-state index < -0.39 is 0 Å². The molecule has 2 amide bonds. The SMILES string of the molecule is Cn1ncc2c1CCC[C@@H]2NC(=O)Nc1ccc2c(c1)OCCCO2. The molecule has 25 heavy (non-hydrogen) atoms. The molecule has 0 spiro atoms. The van der Waals surface area contributed by atoms with E-state index in [0.29, 0.717) is 24.7 Å². The zero-order chi connectivity index (χ0) is 17.2. The van der Waals surface area contributed by atoms with Crippen LogP contribution < -0.4 is 20.1 Å². The third kappa shape index (κ3) is 3.26. The largest absolute Gasteiger partial charge is 0.490 e. The number of rotatable bonds is 2. The van der Waals surface area contributed by atoms with Crippen LogP contribution in [-0.2, 0) is 13.5 Å². The molecule has 0 unspecified atom stereocenters. The molecule has 0 radical (unpaired) electrons. The lowest BCUT2D eigenvalue weighted by molar-refractivity contribution is 0.247. The molecule has 2 N–H and O–H groups in total. The average molecular weight is 342 g/mol. The van der Waals surface area contributed by atoms with E-state index in [2.05, 4.69) is 15.7 Å². The molecular formula is C18H22N4O3. The van der Waals surface area contributed by atoms with E-state index in [0.717, 1.165) is 37.0 Å². The summed E-state index contributed by atoms with van der Waals surface area (Å²) in [6, 6.07) is 5.23. The first kappa shape index (κ1) is 15.8. The van der Waals surface area contributed by atoms with Gasteiger partial charge in [-0.2, -0.15) is 5.10 Å². The Balaban J connectivity index is 1.44. The number of fused-ring (bicyclic) bond motifs is 2. The van der Waals surface area contributed by atoms with Crippen LogP contribution in [0.3, 0.4) is 0 Å². The molecule has 2 aliphatic rings. The van der Waals surface area contributed by atoms with Crippen LogP contribution in [0.2, 0.25) is 0 Å². The van der Waals surface area contributed by atoms with Gasteiger partial charge in [0.15, 0.2) is 11.5 Å². The molecule has 1 aromatic heterocycles. The van der Waals surface area contributed by atoms with Crippen molar-refractivity contribution < 1.29 is 14.3 Å². The fourth-order valence-corrected chi connectivity index (χ4v) is 3.42. The van der Waals surface area contributed by atoms with E-state index in [1.54, 1.807) is 6.07 Å². The molecule has 1 aliphatic heterocycles. The van der Waals surface area contributed by atoms with Crippen molar-refractivity contribution in [1.82, 2.24) is 15.1 Å². The first-order valence-corrected chi connectivity index (χ1v) is 8.68. The predicted octanol–water partition coefficient (Wildman–Crippen LogP) is 2.78. The van der Waals surface area contributed by atoms with Crippen molar-refractivity contribution in [2.24, 2.45) is 7.05 Å². The van der Waals surface area contributed by atoms with Gasteiger partial charge >= 0.3 is 6.03 Å². The minimum atomic E-state index is -0.226. The van der Waals surface area contributed by atoms with Crippen molar-refractivity contribution in [3.63, 3.8) is 0 Å². The van der Waals surface area contributed by atoms with E-state index in [1.165, 1.54) is 5.69 Å². The van der Waals surface area contributed by atoms with Gasteiger partial charge in [-0.25, -0.2) is 4.79 Å². The maximum absolute atomic E-state index is 12.4. The highest BCUT2D eigenvalue weighted by Gasteiger charge is 2.24. The summed E-state index contributed by atoms with van der Waals surface area (Å²) >= 11 is 0. The van der Waals surface area contributed by atoms with Crippen LogP contribution in [0, 0.1) is 0 Å². The molecule has 1 aromatic carbocycles. The van der Waals surface area contributed by atoms with E-state index in [9.17, 15) is 4.79 Å². The Morgan fingerprint density at radius 2 is 2.08 bits per heavy atom. The Bertz CT molecular complexity index is 787. The summed E-state index contributed by atoms with van der Waals surface area (Å²) in [5.41, 5.74) is 3.00. The number of aryl methyl sites for hydroxylation is 1. The third-order valence-corrected chi connectivity index (χ3v) is 4.69. The van der Waals surface area contributed by atoms with Crippen LogP contribution in [0.1, 0.15) is 36.6 Å².